The van der Waals surface area contributed by atoms with Crippen LogP contribution < -0.4 is 5.32 Å². The number of amides is 2. The van der Waals surface area contributed by atoms with E-state index in [4.69, 9.17) is 11.6 Å². The summed E-state index contributed by atoms with van der Waals surface area (Å²) in [5, 5.41) is 3.54. The van der Waals surface area contributed by atoms with Crippen molar-refractivity contribution in [1.82, 2.24) is 10.2 Å². The number of halogens is 1. The number of benzene rings is 2. The molecule has 0 aromatic heterocycles. The van der Waals surface area contributed by atoms with Crippen molar-refractivity contribution in [3.05, 3.63) is 69.7 Å². The zero-order chi connectivity index (χ0) is 21.4. The van der Waals surface area contributed by atoms with E-state index >= 15 is 0 Å². The van der Waals surface area contributed by atoms with E-state index in [1.807, 2.05) is 70.2 Å². The highest BCUT2D eigenvalue weighted by Crippen LogP contribution is 2.21. The van der Waals surface area contributed by atoms with Crippen LogP contribution in [0.2, 0.25) is 5.02 Å². The number of aryl methyl sites for hydroxylation is 2. The minimum absolute atomic E-state index is 0.0721. The Labute approximate surface area is 179 Å². The van der Waals surface area contributed by atoms with Crippen LogP contribution in [0.25, 0.3) is 0 Å². The maximum absolute atomic E-state index is 13.4. The second-order valence-electron chi connectivity index (χ2n) is 7.43. The second kappa shape index (κ2) is 11.0. The number of hydrogen-bond donors (Lipinski definition) is 1. The van der Waals surface area contributed by atoms with Crippen LogP contribution in [0.15, 0.2) is 42.5 Å². The fraction of sp³-hybridized carbons (Fsp3) is 0.417. The van der Waals surface area contributed by atoms with Gasteiger partial charge >= 0.3 is 0 Å². The van der Waals surface area contributed by atoms with Gasteiger partial charge < -0.3 is 10.2 Å². The molecule has 0 saturated carbocycles. The van der Waals surface area contributed by atoms with Crippen molar-refractivity contribution in [3.63, 3.8) is 0 Å². The summed E-state index contributed by atoms with van der Waals surface area (Å²) in [5.74, 6) is -0.187. The number of nitrogens with one attached hydrogen (secondary N) is 1. The van der Waals surface area contributed by atoms with Crippen molar-refractivity contribution in [3.8, 4) is 0 Å². The molecule has 0 spiro atoms. The summed E-state index contributed by atoms with van der Waals surface area (Å²) in [6.07, 6.45) is 1.65. The predicted molar refractivity (Wildman–Crippen MR) is 119 cm³/mol. The lowest BCUT2D eigenvalue weighted by Gasteiger charge is -2.31. The van der Waals surface area contributed by atoms with E-state index in [1.54, 1.807) is 4.90 Å². The van der Waals surface area contributed by atoms with E-state index in [0.29, 0.717) is 24.5 Å². The zero-order valence-electron chi connectivity index (χ0n) is 17.8. The first-order valence-electron chi connectivity index (χ1n) is 10.2. The molecule has 4 nitrogen and oxygen atoms in total. The highest BCUT2D eigenvalue weighted by Gasteiger charge is 2.29. The Morgan fingerprint density at radius 3 is 2.45 bits per heavy atom. The van der Waals surface area contributed by atoms with E-state index < -0.39 is 6.04 Å². The lowest BCUT2D eigenvalue weighted by Crippen LogP contribution is -2.49. The summed E-state index contributed by atoms with van der Waals surface area (Å²) in [6.45, 7) is 8.87. The topological polar surface area (TPSA) is 49.4 Å². The lowest BCUT2D eigenvalue weighted by atomic mass is 10.0. The summed E-state index contributed by atoms with van der Waals surface area (Å²) in [6, 6.07) is 13.0. The van der Waals surface area contributed by atoms with Gasteiger partial charge in [-0.1, -0.05) is 67.4 Å². The molecule has 0 unspecified atom stereocenters. The maximum Gasteiger partial charge on any atom is 0.242 e. The third-order valence-electron chi connectivity index (χ3n) is 5.08. The second-order valence-corrected chi connectivity index (χ2v) is 7.84. The molecule has 1 N–H and O–H groups in total. The lowest BCUT2D eigenvalue weighted by molar-refractivity contribution is -0.140. The van der Waals surface area contributed by atoms with Crippen LogP contribution in [0.3, 0.4) is 0 Å². The van der Waals surface area contributed by atoms with E-state index in [0.717, 1.165) is 28.7 Å². The number of carbonyl (C=O) groups is 2. The van der Waals surface area contributed by atoms with Crippen LogP contribution in [-0.2, 0) is 22.6 Å². The van der Waals surface area contributed by atoms with Gasteiger partial charge in [-0.15, -0.1) is 0 Å². The van der Waals surface area contributed by atoms with Gasteiger partial charge in [0.2, 0.25) is 11.8 Å². The van der Waals surface area contributed by atoms with Gasteiger partial charge in [-0.2, -0.15) is 0 Å². The Bertz CT molecular complexity index is 851. The van der Waals surface area contributed by atoms with Gasteiger partial charge in [0.25, 0.3) is 0 Å². The number of nitrogens with zero attached hydrogens (tertiary/aromatic N) is 1. The van der Waals surface area contributed by atoms with Gasteiger partial charge in [0.1, 0.15) is 6.04 Å². The highest BCUT2D eigenvalue weighted by atomic mass is 35.5. The highest BCUT2D eigenvalue weighted by molar-refractivity contribution is 6.31. The Morgan fingerprint density at radius 1 is 1.07 bits per heavy atom. The van der Waals surface area contributed by atoms with Crippen LogP contribution in [0.4, 0.5) is 0 Å². The van der Waals surface area contributed by atoms with Crippen molar-refractivity contribution in [2.75, 3.05) is 6.54 Å². The quantitative estimate of drug-likeness (QED) is 0.638. The molecule has 0 fully saturated rings. The number of rotatable bonds is 9. The molecule has 1 atom stereocenters. The first-order valence-corrected chi connectivity index (χ1v) is 10.6. The average molecular weight is 415 g/mol. The van der Waals surface area contributed by atoms with Gasteiger partial charge in [-0.3, -0.25) is 9.59 Å². The first kappa shape index (κ1) is 23.0. The molecule has 156 valence electrons. The Balaban J connectivity index is 2.33. The molecule has 5 heteroatoms. The van der Waals surface area contributed by atoms with Crippen molar-refractivity contribution >= 4 is 23.4 Å². The SMILES string of the molecule is CCCNC(=O)[C@@H](CC)N(Cc1ccccc1Cl)C(=O)Cc1cc(C)ccc1C. The monoisotopic (exact) mass is 414 g/mol. The number of hydrogen-bond acceptors (Lipinski definition) is 2. The van der Waals surface area contributed by atoms with Crippen LogP contribution in [0.1, 0.15) is 48.9 Å². The zero-order valence-corrected chi connectivity index (χ0v) is 18.6. The van der Waals surface area contributed by atoms with Crippen LogP contribution in [-0.4, -0.2) is 29.3 Å². The van der Waals surface area contributed by atoms with Crippen LogP contribution >= 0.6 is 11.6 Å². The van der Waals surface area contributed by atoms with Crippen LogP contribution in [0, 0.1) is 13.8 Å². The molecule has 2 amide bonds. The first-order chi connectivity index (χ1) is 13.9. The Hall–Kier alpha value is -2.33. The van der Waals surface area contributed by atoms with Crippen molar-refractivity contribution in [2.24, 2.45) is 0 Å². The minimum Gasteiger partial charge on any atom is -0.354 e. The van der Waals surface area contributed by atoms with E-state index in [-0.39, 0.29) is 18.2 Å². The van der Waals surface area contributed by atoms with Gasteiger partial charge in [-0.25, -0.2) is 0 Å². The standard InChI is InChI=1S/C24H31ClN2O2/c1-5-13-26-24(29)22(6-2)27(16-19-9-7-8-10-21(19)25)23(28)15-20-14-17(3)11-12-18(20)4/h7-12,14,22H,5-6,13,15-16H2,1-4H3,(H,26,29)/t22-/m1/s1. The summed E-state index contributed by atoms with van der Waals surface area (Å²) in [5.41, 5.74) is 4.02. The number of carbonyl (C=O) groups excluding carboxylic acids is 2. The summed E-state index contributed by atoms with van der Waals surface area (Å²) >= 11 is 6.35. The normalized spacial score (nSPS) is 11.8. The smallest absolute Gasteiger partial charge is 0.242 e. The Morgan fingerprint density at radius 2 is 1.79 bits per heavy atom. The molecule has 0 aliphatic heterocycles. The van der Waals surface area contributed by atoms with E-state index in [9.17, 15) is 9.59 Å². The molecular formula is C24H31ClN2O2. The molecule has 0 radical (unpaired) electrons. The predicted octanol–water partition coefficient (Wildman–Crippen LogP) is 4.83. The molecule has 2 aromatic rings. The van der Waals surface area contributed by atoms with Crippen molar-refractivity contribution in [2.45, 2.75) is 59.5 Å². The van der Waals surface area contributed by atoms with Crippen molar-refractivity contribution < 1.29 is 9.59 Å². The minimum atomic E-state index is -0.532. The maximum atomic E-state index is 13.4. The third-order valence-corrected chi connectivity index (χ3v) is 5.45. The van der Waals surface area contributed by atoms with E-state index in [2.05, 4.69) is 5.32 Å². The summed E-state index contributed by atoms with van der Waals surface area (Å²) < 4.78 is 0. The van der Waals surface area contributed by atoms with Crippen molar-refractivity contribution in [1.29, 1.82) is 0 Å². The molecule has 0 heterocycles. The molecule has 0 aliphatic carbocycles. The molecule has 0 bridgehead atoms. The molecule has 2 aromatic carbocycles. The summed E-state index contributed by atoms with van der Waals surface area (Å²) in [7, 11) is 0. The molecule has 29 heavy (non-hydrogen) atoms. The fourth-order valence-electron chi connectivity index (χ4n) is 3.35. The van der Waals surface area contributed by atoms with E-state index in [1.165, 1.54) is 0 Å². The van der Waals surface area contributed by atoms with Crippen LogP contribution in [0.5, 0.6) is 0 Å². The largest absolute Gasteiger partial charge is 0.354 e. The van der Waals surface area contributed by atoms with Gasteiger partial charge in [0, 0.05) is 18.1 Å². The molecule has 0 saturated heterocycles. The molecular weight excluding hydrogens is 384 g/mol. The third kappa shape index (κ3) is 6.33. The fourth-order valence-corrected chi connectivity index (χ4v) is 3.55. The van der Waals surface area contributed by atoms with Gasteiger partial charge in [-0.05, 0) is 49.4 Å². The summed E-state index contributed by atoms with van der Waals surface area (Å²) in [4.78, 5) is 27.8. The molecule has 0 aliphatic rings. The van der Waals surface area contributed by atoms with Gasteiger partial charge in [0.05, 0.1) is 6.42 Å². The molecule has 2 rings (SSSR count). The van der Waals surface area contributed by atoms with Gasteiger partial charge in [0.15, 0.2) is 0 Å². The Kier molecular flexibility index (Phi) is 8.71. The average Bonchev–Trinajstić information content (AvgIpc) is 2.70.